The van der Waals surface area contributed by atoms with E-state index in [2.05, 4.69) is 9.97 Å². The molecule has 0 aromatic carbocycles. The van der Waals surface area contributed by atoms with Crippen molar-refractivity contribution in [3.63, 3.8) is 0 Å². The first-order chi connectivity index (χ1) is 9.52. The molecule has 5 N–H and O–H groups in total. The van der Waals surface area contributed by atoms with E-state index in [9.17, 15) is 14.3 Å². The smallest absolute Gasteiger partial charge is 0.261 e. The molecule has 0 radical (unpaired) electrons. The largest absolute Gasteiger partial charge is 0.394 e. The van der Waals surface area contributed by atoms with Crippen molar-refractivity contribution in [1.82, 2.24) is 14.5 Å². The lowest BCUT2D eigenvalue weighted by Crippen LogP contribution is -2.30. The number of hydrogen-bond acceptors (Lipinski definition) is 6. The lowest BCUT2D eigenvalue weighted by atomic mass is 10.1. The number of H-pyrrole nitrogens is 1. The van der Waals surface area contributed by atoms with Gasteiger partial charge < -0.3 is 25.3 Å². The van der Waals surface area contributed by atoms with Crippen molar-refractivity contribution in [3.05, 3.63) is 22.6 Å². The van der Waals surface area contributed by atoms with Crippen LogP contribution in [0.4, 0.5) is 10.3 Å². The quantitative estimate of drug-likeness (QED) is 0.554. The third kappa shape index (κ3) is 1.79. The van der Waals surface area contributed by atoms with E-state index in [1.165, 1.54) is 16.8 Å². The second kappa shape index (κ2) is 4.54. The number of nitrogens with two attached hydrogens (primary N) is 1. The normalized spacial score (nSPS) is 30.1. The molecular formula is C11H13FN4O4. The number of hydrogen-bond donors (Lipinski definition) is 4. The molecule has 8 nitrogen and oxygen atoms in total. The number of rotatable bonds is 2. The summed E-state index contributed by atoms with van der Waals surface area (Å²) in [5.74, 6) is -0.102. The molecule has 20 heavy (non-hydrogen) atoms. The Morgan fingerprint density at radius 1 is 1.60 bits per heavy atom. The number of nitrogen functional groups attached to an aromatic ring is 1. The Morgan fingerprint density at radius 2 is 2.35 bits per heavy atom. The first kappa shape index (κ1) is 13.0. The average Bonchev–Trinajstić information content (AvgIpc) is 2.93. The molecule has 2 aromatic rings. The molecule has 1 fully saturated rings. The molecule has 1 aliphatic rings. The van der Waals surface area contributed by atoms with Gasteiger partial charge in [0.1, 0.15) is 12.2 Å². The van der Waals surface area contributed by atoms with E-state index in [1.807, 2.05) is 0 Å². The third-order valence-electron chi connectivity index (χ3n) is 3.35. The number of halogens is 1. The van der Waals surface area contributed by atoms with Crippen LogP contribution in [0.25, 0.3) is 11.0 Å². The van der Waals surface area contributed by atoms with Crippen molar-refractivity contribution in [1.29, 1.82) is 0 Å². The molecule has 0 amide bonds. The van der Waals surface area contributed by atoms with Gasteiger partial charge >= 0.3 is 0 Å². The maximum absolute atomic E-state index is 14.1. The fraction of sp³-hybridized carbons (Fsp3) is 0.455. The third-order valence-corrected chi connectivity index (χ3v) is 3.35. The Hall–Kier alpha value is -1.97. The Bertz CT molecular complexity index is 699. The molecule has 0 aliphatic carbocycles. The molecule has 4 atom stereocenters. The predicted octanol–water partition coefficient (Wildman–Crippen LogP) is -1.10. The van der Waals surface area contributed by atoms with Crippen molar-refractivity contribution in [3.8, 4) is 0 Å². The van der Waals surface area contributed by atoms with Crippen LogP contribution in [0, 0.1) is 0 Å². The van der Waals surface area contributed by atoms with Gasteiger partial charge in [0, 0.05) is 6.20 Å². The van der Waals surface area contributed by atoms with Crippen LogP contribution in [0.2, 0.25) is 0 Å². The average molecular weight is 284 g/mol. The van der Waals surface area contributed by atoms with Crippen molar-refractivity contribution < 1.29 is 19.3 Å². The lowest BCUT2D eigenvalue weighted by Gasteiger charge is -2.15. The molecule has 1 unspecified atom stereocenters. The first-order valence-electron chi connectivity index (χ1n) is 5.97. The Labute approximate surface area is 111 Å². The van der Waals surface area contributed by atoms with Gasteiger partial charge in [-0.15, -0.1) is 0 Å². The number of fused-ring (bicyclic) bond motifs is 1. The van der Waals surface area contributed by atoms with Crippen molar-refractivity contribution in [2.75, 3.05) is 12.3 Å². The second-order valence-corrected chi connectivity index (χ2v) is 4.59. The number of anilines is 1. The van der Waals surface area contributed by atoms with Gasteiger partial charge in [0.05, 0.1) is 12.0 Å². The fourth-order valence-electron chi connectivity index (χ4n) is 2.34. The minimum atomic E-state index is -1.75. The summed E-state index contributed by atoms with van der Waals surface area (Å²) in [5.41, 5.74) is 5.17. The number of aromatic amines is 1. The number of ether oxygens (including phenoxy) is 1. The molecule has 3 rings (SSSR count). The van der Waals surface area contributed by atoms with Gasteiger partial charge in [-0.3, -0.25) is 9.78 Å². The van der Waals surface area contributed by atoms with Crippen LogP contribution in [0.15, 0.2) is 17.1 Å². The van der Waals surface area contributed by atoms with Crippen molar-refractivity contribution in [2.45, 2.75) is 24.6 Å². The highest BCUT2D eigenvalue weighted by Gasteiger charge is 2.45. The van der Waals surface area contributed by atoms with Crippen LogP contribution in [0.3, 0.4) is 0 Å². The minimum absolute atomic E-state index is 0.102. The minimum Gasteiger partial charge on any atom is -0.394 e. The summed E-state index contributed by atoms with van der Waals surface area (Å²) < 4.78 is 20.6. The van der Waals surface area contributed by atoms with Gasteiger partial charge in [0.15, 0.2) is 18.0 Å². The highest BCUT2D eigenvalue weighted by atomic mass is 19.1. The molecule has 0 saturated carbocycles. The molecule has 108 valence electrons. The summed E-state index contributed by atoms with van der Waals surface area (Å²) in [7, 11) is 0. The van der Waals surface area contributed by atoms with Crippen molar-refractivity contribution >= 4 is 17.0 Å². The van der Waals surface area contributed by atoms with Gasteiger partial charge in [-0.1, -0.05) is 0 Å². The van der Waals surface area contributed by atoms with E-state index in [1.54, 1.807) is 0 Å². The monoisotopic (exact) mass is 284 g/mol. The van der Waals surface area contributed by atoms with Gasteiger partial charge in [-0.25, -0.2) is 4.39 Å². The van der Waals surface area contributed by atoms with Crippen LogP contribution in [-0.2, 0) is 4.74 Å². The standard InChI is InChI=1S/C11H13FN4O4/c12-6-7(18)5(3-17)20-10(6)16-2-1-4-8(16)14-11(13)15-9(4)19/h1-2,5-7,10,17-18H,3H2,(H3,13,14,15,19)/t5-,6?,7+,10-/m1/s1. The number of alkyl halides is 1. The highest BCUT2D eigenvalue weighted by Crippen LogP contribution is 2.33. The Balaban J connectivity index is 2.09. The zero-order valence-electron chi connectivity index (χ0n) is 10.2. The summed E-state index contributed by atoms with van der Waals surface area (Å²) in [6.45, 7) is -0.507. The first-order valence-corrected chi connectivity index (χ1v) is 5.97. The van der Waals surface area contributed by atoms with E-state index in [4.69, 9.17) is 15.6 Å². The zero-order chi connectivity index (χ0) is 14.4. The summed E-state index contributed by atoms with van der Waals surface area (Å²) in [6, 6.07) is 1.45. The maximum Gasteiger partial charge on any atom is 0.261 e. The summed E-state index contributed by atoms with van der Waals surface area (Å²) >= 11 is 0. The second-order valence-electron chi connectivity index (χ2n) is 4.59. The highest BCUT2D eigenvalue weighted by molar-refractivity contribution is 5.76. The summed E-state index contributed by atoms with van der Waals surface area (Å²) in [6.07, 6.45) is -3.96. The van der Waals surface area contributed by atoms with E-state index >= 15 is 0 Å². The van der Waals surface area contributed by atoms with Crippen LogP contribution in [-0.4, -0.2) is 49.7 Å². The van der Waals surface area contributed by atoms with Gasteiger partial charge in [0.25, 0.3) is 5.56 Å². The summed E-state index contributed by atoms with van der Waals surface area (Å²) in [4.78, 5) is 18.0. The number of aliphatic hydroxyl groups excluding tert-OH is 2. The molecule has 3 heterocycles. The van der Waals surface area contributed by atoms with Crippen LogP contribution < -0.4 is 11.3 Å². The van der Waals surface area contributed by atoms with E-state index < -0.39 is 36.8 Å². The van der Waals surface area contributed by atoms with Crippen LogP contribution >= 0.6 is 0 Å². The molecule has 1 saturated heterocycles. The lowest BCUT2D eigenvalue weighted by molar-refractivity contribution is -0.0457. The zero-order valence-corrected chi connectivity index (χ0v) is 10.2. The Morgan fingerprint density at radius 3 is 3.00 bits per heavy atom. The number of aromatic nitrogens is 3. The SMILES string of the molecule is Nc1nc2c(ccn2[C@@H]2O[C@H](CO)[C@H](O)C2F)c(=O)[nH]1. The molecule has 9 heteroatoms. The van der Waals surface area contributed by atoms with E-state index in [-0.39, 0.29) is 17.0 Å². The van der Waals surface area contributed by atoms with Gasteiger partial charge in [-0.05, 0) is 6.07 Å². The number of aliphatic hydroxyl groups is 2. The Kier molecular flexibility index (Phi) is 2.96. The van der Waals surface area contributed by atoms with Crippen molar-refractivity contribution in [2.24, 2.45) is 0 Å². The molecule has 0 spiro atoms. The van der Waals surface area contributed by atoms with Gasteiger partial charge in [0.2, 0.25) is 5.95 Å². The molecule has 2 aromatic heterocycles. The maximum atomic E-state index is 14.1. The molecular weight excluding hydrogens is 271 g/mol. The van der Waals surface area contributed by atoms with Crippen LogP contribution in [0.5, 0.6) is 0 Å². The molecule has 1 aliphatic heterocycles. The van der Waals surface area contributed by atoms with Gasteiger partial charge in [-0.2, -0.15) is 4.98 Å². The predicted molar refractivity (Wildman–Crippen MR) is 66.7 cm³/mol. The molecule has 0 bridgehead atoms. The topological polar surface area (TPSA) is 126 Å². The fourth-order valence-corrected chi connectivity index (χ4v) is 2.34. The van der Waals surface area contributed by atoms with E-state index in [0.29, 0.717) is 0 Å². The summed E-state index contributed by atoms with van der Waals surface area (Å²) in [5, 5.41) is 18.9. The van der Waals surface area contributed by atoms with E-state index in [0.717, 1.165) is 0 Å². The number of nitrogens with one attached hydrogen (secondary N) is 1. The van der Waals surface area contributed by atoms with Crippen LogP contribution in [0.1, 0.15) is 6.23 Å². The number of nitrogens with zero attached hydrogens (tertiary/aromatic N) is 2.